The van der Waals surface area contributed by atoms with E-state index in [9.17, 15) is 19.2 Å². The molecule has 0 radical (unpaired) electrons. The quantitative estimate of drug-likeness (QED) is 0.325. The molecule has 2 saturated carbocycles. The third kappa shape index (κ3) is 8.78. The van der Waals surface area contributed by atoms with Crippen LogP contribution < -0.4 is 16.0 Å². The molecule has 2 aliphatic carbocycles. The molecular weight excluding hydrogens is 528 g/mol. The lowest BCUT2D eigenvalue weighted by molar-refractivity contribution is -0.131. The van der Waals surface area contributed by atoms with Crippen LogP contribution in [0.3, 0.4) is 0 Å². The Morgan fingerprint density at radius 2 is 1.45 bits per heavy atom. The highest BCUT2D eigenvalue weighted by Gasteiger charge is 2.32. The molecule has 0 aliphatic heterocycles. The molecule has 8 heteroatoms. The van der Waals surface area contributed by atoms with E-state index in [1.165, 1.54) is 11.3 Å². The summed E-state index contributed by atoms with van der Waals surface area (Å²) in [6.07, 6.45) is 11.3. The van der Waals surface area contributed by atoms with Crippen LogP contribution in [0, 0.1) is 0 Å². The maximum Gasteiger partial charge on any atom is 0.324 e. The number of amides is 5. The summed E-state index contributed by atoms with van der Waals surface area (Å²) in [7, 11) is 0. The minimum atomic E-state index is -0.600. The van der Waals surface area contributed by atoms with E-state index in [2.05, 4.69) is 29.8 Å². The van der Waals surface area contributed by atoms with Gasteiger partial charge in [0.05, 0.1) is 6.54 Å². The molecule has 2 aromatic rings. The van der Waals surface area contributed by atoms with Gasteiger partial charge in [-0.2, -0.15) is 0 Å². The molecule has 224 valence electrons. The van der Waals surface area contributed by atoms with Crippen molar-refractivity contribution in [2.24, 2.45) is 0 Å². The van der Waals surface area contributed by atoms with Crippen LogP contribution >= 0.6 is 0 Å². The molecule has 0 saturated heterocycles. The smallest absolute Gasteiger partial charge is 0.324 e. The van der Waals surface area contributed by atoms with Crippen LogP contribution in [0.15, 0.2) is 60.3 Å². The summed E-state index contributed by atoms with van der Waals surface area (Å²) >= 11 is 0. The van der Waals surface area contributed by atoms with Crippen LogP contribution in [0.1, 0.15) is 105 Å². The monoisotopic (exact) mass is 572 g/mol. The zero-order valence-corrected chi connectivity index (χ0v) is 24.9. The Kier molecular flexibility index (Phi) is 11.3. The number of benzene rings is 2. The average Bonchev–Trinajstić information content (AvgIpc) is 3.01. The van der Waals surface area contributed by atoms with Crippen molar-refractivity contribution < 1.29 is 19.2 Å². The Bertz CT molecular complexity index is 1240. The van der Waals surface area contributed by atoms with E-state index < -0.39 is 17.7 Å². The van der Waals surface area contributed by atoms with Crippen molar-refractivity contribution in [1.29, 1.82) is 0 Å². The summed E-state index contributed by atoms with van der Waals surface area (Å²) in [6, 6.07) is 15.9. The van der Waals surface area contributed by atoms with Crippen LogP contribution in [0.2, 0.25) is 0 Å². The van der Waals surface area contributed by atoms with Gasteiger partial charge in [0.1, 0.15) is 5.70 Å². The minimum Gasteiger partial charge on any atom is -0.342 e. The zero-order valence-electron chi connectivity index (χ0n) is 24.9. The molecule has 0 aromatic heterocycles. The van der Waals surface area contributed by atoms with Crippen molar-refractivity contribution in [1.82, 2.24) is 20.9 Å². The first-order chi connectivity index (χ1) is 20.3. The maximum atomic E-state index is 13.5. The molecule has 0 atom stereocenters. The van der Waals surface area contributed by atoms with Crippen LogP contribution in [0.25, 0.3) is 6.08 Å². The van der Waals surface area contributed by atoms with Crippen molar-refractivity contribution in [2.45, 2.75) is 96.1 Å². The van der Waals surface area contributed by atoms with Gasteiger partial charge in [-0.05, 0) is 60.9 Å². The van der Waals surface area contributed by atoms with E-state index in [-0.39, 0.29) is 30.4 Å². The summed E-state index contributed by atoms with van der Waals surface area (Å²) in [4.78, 5) is 54.6. The highest BCUT2D eigenvalue weighted by molar-refractivity contribution is 6.06. The lowest BCUT2D eigenvalue weighted by Crippen LogP contribution is -2.55. The molecule has 2 aliphatic rings. The van der Waals surface area contributed by atoms with Gasteiger partial charge in [-0.25, -0.2) is 4.79 Å². The van der Waals surface area contributed by atoms with E-state index in [0.29, 0.717) is 11.5 Å². The van der Waals surface area contributed by atoms with Crippen molar-refractivity contribution in [3.63, 3.8) is 0 Å². The average molecular weight is 573 g/mol. The van der Waals surface area contributed by atoms with E-state index in [4.69, 9.17) is 0 Å². The first kappa shape index (κ1) is 31.0. The molecule has 5 amide bonds. The number of imide groups is 1. The van der Waals surface area contributed by atoms with Crippen LogP contribution in [0.5, 0.6) is 0 Å². The van der Waals surface area contributed by atoms with Gasteiger partial charge in [0.2, 0.25) is 5.91 Å². The summed E-state index contributed by atoms with van der Waals surface area (Å²) < 4.78 is 0. The molecule has 0 unspecified atom stereocenters. The SMILES string of the molecule is CC(C)c1ccc(/C=C(/NC(=O)c2ccccc2)C(=O)NCC(=O)N(C(=O)NC2CCCCC2)C2CCCCC2)cc1. The van der Waals surface area contributed by atoms with Gasteiger partial charge in [-0.3, -0.25) is 19.3 Å². The topological polar surface area (TPSA) is 108 Å². The summed E-state index contributed by atoms with van der Waals surface area (Å²) in [5, 5.41) is 8.47. The molecular formula is C34H44N4O4. The highest BCUT2D eigenvalue weighted by Crippen LogP contribution is 2.24. The lowest BCUT2D eigenvalue weighted by atomic mass is 9.93. The molecule has 2 fully saturated rings. The number of nitrogens with zero attached hydrogens (tertiary/aromatic N) is 1. The number of nitrogens with one attached hydrogen (secondary N) is 3. The Hall–Kier alpha value is -3.94. The van der Waals surface area contributed by atoms with Gasteiger partial charge < -0.3 is 16.0 Å². The summed E-state index contributed by atoms with van der Waals surface area (Å²) in [5.74, 6) is -1.12. The number of rotatable bonds is 9. The van der Waals surface area contributed by atoms with Crippen molar-refractivity contribution >= 4 is 29.8 Å². The molecule has 0 spiro atoms. The molecule has 4 rings (SSSR count). The maximum absolute atomic E-state index is 13.5. The normalized spacial score (nSPS) is 16.5. The number of urea groups is 1. The predicted octanol–water partition coefficient (Wildman–Crippen LogP) is 5.90. The second-order valence-corrected chi connectivity index (χ2v) is 11.7. The first-order valence-corrected chi connectivity index (χ1v) is 15.4. The minimum absolute atomic E-state index is 0.0184. The van der Waals surface area contributed by atoms with E-state index >= 15 is 0 Å². The standard InChI is InChI=1S/C34H44N4O4/c1-24(2)26-20-18-25(19-21-26)22-30(37-32(40)27-12-6-3-7-13-27)33(41)35-23-31(39)38(29-16-10-5-11-17-29)34(42)36-28-14-8-4-9-15-28/h3,6-7,12-13,18-22,24,28-29H,4-5,8-11,14-17,23H2,1-2H3,(H,35,41)(H,36,42)(H,37,40)/b30-22+. The van der Waals surface area contributed by atoms with E-state index in [1.54, 1.807) is 30.3 Å². The first-order valence-electron chi connectivity index (χ1n) is 15.4. The lowest BCUT2D eigenvalue weighted by Gasteiger charge is -2.34. The van der Waals surface area contributed by atoms with E-state index in [1.807, 2.05) is 30.3 Å². The van der Waals surface area contributed by atoms with Crippen molar-refractivity contribution in [2.75, 3.05) is 6.54 Å². The molecule has 2 aromatic carbocycles. The fraction of sp³-hybridized carbons (Fsp3) is 0.471. The van der Waals surface area contributed by atoms with Gasteiger partial charge in [0, 0.05) is 17.6 Å². The van der Waals surface area contributed by atoms with Crippen LogP contribution in [-0.2, 0) is 9.59 Å². The number of carbonyl (C=O) groups excluding carboxylic acids is 4. The molecule has 0 heterocycles. The fourth-order valence-corrected chi connectivity index (χ4v) is 5.74. The Balaban J connectivity index is 1.49. The van der Waals surface area contributed by atoms with Gasteiger partial charge in [-0.1, -0.05) is 94.8 Å². The molecule has 3 N–H and O–H groups in total. The molecule has 0 bridgehead atoms. The fourth-order valence-electron chi connectivity index (χ4n) is 5.74. The second kappa shape index (κ2) is 15.3. The third-order valence-corrected chi connectivity index (χ3v) is 8.20. The van der Waals surface area contributed by atoms with Crippen molar-refractivity contribution in [3.8, 4) is 0 Å². The Labute approximate surface area is 249 Å². The number of hydrogen-bond acceptors (Lipinski definition) is 4. The van der Waals surface area contributed by atoms with Gasteiger partial charge in [0.15, 0.2) is 0 Å². The van der Waals surface area contributed by atoms with Gasteiger partial charge in [0.25, 0.3) is 11.8 Å². The Morgan fingerprint density at radius 1 is 0.833 bits per heavy atom. The van der Waals surface area contributed by atoms with Gasteiger partial charge >= 0.3 is 6.03 Å². The van der Waals surface area contributed by atoms with Gasteiger partial charge in [-0.15, -0.1) is 0 Å². The van der Waals surface area contributed by atoms with Crippen LogP contribution in [0.4, 0.5) is 4.79 Å². The Morgan fingerprint density at radius 3 is 2.07 bits per heavy atom. The number of carbonyl (C=O) groups is 4. The highest BCUT2D eigenvalue weighted by atomic mass is 16.2. The molecule has 8 nitrogen and oxygen atoms in total. The number of hydrogen-bond donors (Lipinski definition) is 3. The predicted molar refractivity (Wildman–Crippen MR) is 165 cm³/mol. The molecule has 42 heavy (non-hydrogen) atoms. The van der Waals surface area contributed by atoms with Crippen molar-refractivity contribution in [3.05, 3.63) is 77.0 Å². The zero-order chi connectivity index (χ0) is 29.9. The largest absolute Gasteiger partial charge is 0.342 e. The third-order valence-electron chi connectivity index (χ3n) is 8.20. The summed E-state index contributed by atoms with van der Waals surface area (Å²) in [5.41, 5.74) is 2.32. The summed E-state index contributed by atoms with van der Waals surface area (Å²) in [6.45, 7) is 3.86. The van der Waals surface area contributed by atoms with Crippen LogP contribution in [-0.4, -0.2) is 47.3 Å². The second-order valence-electron chi connectivity index (χ2n) is 11.7. The van der Waals surface area contributed by atoms with E-state index in [0.717, 1.165) is 68.9 Å².